The molecule has 0 saturated heterocycles. The van der Waals surface area contributed by atoms with Gasteiger partial charge in [-0.15, -0.1) is 0 Å². The smallest absolute Gasteiger partial charge is 0.267 e. The molecule has 5 heteroatoms. The Morgan fingerprint density at radius 3 is 3.00 bits per heavy atom. The molecule has 0 aliphatic heterocycles. The van der Waals surface area contributed by atoms with Crippen LogP contribution in [0.3, 0.4) is 0 Å². The Kier molecular flexibility index (Phi) is 3.44. The molecular formula is C15H17FN2O2. The van der Waals surface area contributed by atoms with Crippen molar-refractivity contribution >= 4 is 16.8 Å². The third-order valence-corrected chi connectivity index (χ3v) is 4.00. The zero-order valence-corrected chi connectivity index (χ0v) is 11.0. The molecule has 1 amide bonds. The van der Waals surface area contributed by atoms with Gasteiger partial charge in [-0.05, 0) is 31.0 Å². The fraction of sp³-hybridized carbons (Fsp3) is 0.400. The van der Waals surface area contributed by atoms with Crippen LogP contribution in [0.4, 0.5) is 4.39 Å². The van der Waals surface area contributed by atoms with Crippen LogP contribution in [-0.2, 0) is 0 Å². The molecule has 0 radical (unpaired) electrons. The first-order chi connectivity index (χ1) is 9.65. The predicted octanol–water partition coefficient (Wildman–Crippen LogP) is 2.20. The second kappa shape index (κ2) is 5.25. The molecule has 1 fully saturated rings. The molecule has 0 bridgehead atoms. The minimum absolute atomic E-state index is 0.125. The summed E-state index contributed by atoms with van der Waals surface area (Å²) in [6, 6.07) is 6.22. The number of carbonyl (C=O) groups excluding carboxylic acids is 1. The van der Waals surface area contributed by atoms with Crippen LogP contribution < -0.4 is 5.32 Å². The number of hydrogen-bond donors (Lipinski definition) is 3. The van der Waals surface area contributed by atoms with Gasteiger partial charge < -0.3 is 15.4 Å². The van der Waals surface area contributed by atoms with Crippen LogP contribution in [0.15, 0.2) is 24.3 Å². The van der Waals surface area contributed by atoms with E-state index in [9.17, 15) is 14.3 Å². The molecule has 2 atom stereocenters. The van der Waals surface area contributed by atoms with Gasteiger partial charge in [-0.1, -0.05) is 12.5 Å². The number of nitrogens with one attached hydrogen (secondary N) is 2. The number of aliphatic hydroxyl groups excluding tert-OH is 1. The minimum atomic E-state index is -0.344. The highest BCUT2D eigenvalue weighted by atomic mass is 19.1. The van der Waals surface area contributed by atoms with Gasteiger partial charge in [-0.2, -0.15) is 0 Å². The van der Waals surface area contributed by atoms with Crippen molar-refractivity contribution in [2.45, 2.75) is 25.4 Å². The van der Waals surface area contributed by atoms with Gasteiger partial charge in [0.2, 0.25) is 0 Å². The van der Waals surface area contributed by atoms with Crippen molar-refractivity contribution in [2.24, 2.45) is 5.92 Å². The molecule has 1 aromatic carbocycles. The highest BCUT2D eigenvalue weighted by molar-refractivity contribution is 5.98. The van der Waals surface area contributed by atoms with Crippen LogP contribution >= 0.6 is 0 Å². The van der Waals surface area contributed by atoms with E-state index in [-0.39, 0.29) is 23.7 Å². The Hall–Kier alpha value is -1.88. The van der Waals surface area contributed by atoms with E-state index in [0.29, 0.717) is 23.1 Å². The molecule has 2 unspecified atom stereocenters. The van der Waals surface area contributed by atoms with Gasteiger partial charge >= 0.3 is 0 Å². The van der Waals surface area contributed by atoms with Crippen LogP contribution in [-0.4, -0.2) is 28.6 Å². The number of hydrogen-bond acceptors (Lipinski definition) is 2. The average Bonchev–Trinajstić information content (AvgIpc) is 3.03. The zero-order valence-electron chi connectivity index (χ0n) is 11.0. The minimum Gasteiger partial charge on any atom is -0.393 e. The third-order valence-electron chi connectivity index (χ3n) is 4.00. The number of aliphatic hydroxyl groups is 1. The van der Waals surface area contributed by atoms with Gasteiger partial charge in [0.25, 0.3) is 5.91 Å². The van der Waals surface area contributed by atoms with Crippen LogP contribution in [0.25, 0.3) is 10.9 Å². The predicted molar refractivity (Wildman–Crippen MR) is 73.9 cm³/mol. The molecule has 4 nitrogen and oxygen atoms in total. The number of fused-ring (bicyclic) bond motifs is 1. The van der Waals surface area contributed by atoms with E-state index in [2.05, 4.69) is 10.3 Å². The maximum absolute atomic E-state index is 13.6. The Labute approximate surface area is 116 Å². The summed E-state index contributed by atoms with van der Waals surface area (Å²) in [6.07, 6.45) is 2.41. The number of aromatic nitrogens is 1. The van der Waals surface area contributed by atoms with Gasteiger partial charge in [-0.3, -0.25) is 4.79 Å². The van der Waals surface area contributed by atoms with Crippen LogP contribution in [0.5, 0.6) is 0 Å². The van der Waals surface area contributed by atoms with Gasteiger partial charge in [-0.25, -0.2) is 4.39 Å². The number of amides is 1. The number of aromatic amines is 1. The monoisotopic (exact) mass is 276 g/mol. The summed E-state index contributed by atoms with van der Waals surface area (Å²) >= 11 is 0. The average molecular weight is 276 g/mol. The highest BCUT2D eigenvalue weighted by Crippen LogP contribution is 2.25. The van der Waals surface area contributed by atoms with Crippen molar-refractivity contribution in [3.8, 4) is 0 Å². The van der Waals surface area contributed by atoms with E-state index < -0.39 is 0 Å². The van der Waals surface area contributed by atoms with Crippen molar-refractivity contribution in [3.05, 3.63) is 35.8 Å². The third kappa shape index (κ3) is 2.41. The summed E-state index contributed by atoms with van der Waals surface area (Å²) in [6.45, 7) is 0.456. The first-order valence-corrected chi connectivity index (χ1v) is 6.88. The molecule has 1 saturated carbocycles. The number of H-pyrrole nitrogens is 1. The fourth-order valence-corrected chi connectivity index (χ4v) is 2.81. The Morgan fingerprint density at radius 2 is 2.30 bits per heavy atom. The number of benzene rings is 1. The second-order valence-corrected chi connectivity index (χ2v) is 5.35. The molecule has 1 aromatic heterocycles. The molecule has 0 spiro atoms. The summed E-state index contributed by atoms with van der Waals surface area (Å²) in [4.78, 5) is 15.0. The van der Waals surface area contributed by atoms with Crippen molar-refractivity contribution in [3.63, 3.8) is 0 Å². The fourth-order valence-electron chi connectivity index (χ4n) is 2.81. The van der Waals surface area contributed by atoms with Crippen molar-refractivity contribution < 1.29 is 14.3 Å². The van der Waals surface area contributed by atoms with Gasteiger partial charge in [0.05, 0.1) is 6.10 Å². The normalized spacial score (nSPS) is 22.3. The van der Waals surface area contributed by atoms with Gasteiger partial charge in [0, 0.05) is 23.4 Å². The SMILES string of the molecule is O=C(NCC1CCCC1O)c1cc2c(F)cccc2[nH]1. The molecule has 3 N–H and O–H groups in total. The van der Waals surface area contributed by atoms with E-state index in [4.69, 9.17) is 0 Å². The summed E-state index contributed by atoms with van der Waals surface area (Å²) in [5.74, 6) is -0.483. The standard InChI is InChI=1S/C15H17FN2O2/c16-11-4-2-5-12-10(11)7-13(18-12)15(20)17-8-9-3-1-6-14(9)19/h2,4-5,7,9,14,18-19H,1,3,6,8H2,(H,17,20). The first kappa shape index (κ1) is 13.1. The van der Waals surface area contributed by atoms with Gasteiger partial charge in [0.15, 0.2) is 0 Å². The van der Waals surface area contributed by atoms with Gasteiger partial charge in [0.1, 0.15) is 11.5 Å². The zero-order chi connectivity index (χ0) is 14.1. The first-order valence-electron chi connectivity index (χ1n) is 6.88. The van der Waals surface area contributed by atoms with E-state index in [0.717, 1.165) is 19.3 Å². The number of rotatable bonds is 3. The lowest BCUT2D eigenvalue weighted by Crippen LogP contribution is -2.32. The summed E-state index contributed by atoms with van der Waals surface area (Å²) in [5, 5.41) is 12.9. The van der Waals surface area contributed by atoms with E-state index in [1.165, 1.54) is 12.1 Å². The van der Waals surface area contributed by atoms with E-state index in [1.807, 2.05) is 0 Å². The lowest BCUT2D eigenvalue weighted by atomic mass is 10.1. The highest BCUT2D eigenvalue weighted by Gasteiger charge is 2.25. The lowest BCUT2D eigenvalue weighted by molar-refractivity contribution is 0.0913. The summed E-state index contributed by atoms with van der Waals surface area (Å²) in [5.41, 5.74) is 0.952. The molecule has 2 aromatic rings. The summed E-state index contributed by atoms with van der Waals surface area (Å²) < 4.78 is 13.6. The molecule has 3 rings (SSSR count). The molecule has 1 heterocycles. The van der Waals surface area contributed by atoms with Crippen LogP contribution in [0.2, 0.25) is 0 Å². The molecule has 106 valence electrons. The molecule has 1 aliphatic carbocycles. The Morgan fingerprint density at radius 1 is 1.45 bits per heavy atom. The lowest BCUT2D eigenvalue weighted by Gasteiger charge is -2.14. The van der Waals surface area contributed by atoms with Crippen LogP contribution in [0, 0.1) is 11.7 Å². The second-order valence-electron chi connectivity index (χ2n) is 5.35. The van der Waals surface area contributed by atoms with E-state index in [1.54, 1.807) is 12.1 Å². The largest absolute Gasteiger partial charge is 0.393 e. The van der Waals surface area contributed by atoms with E-state index >= 15 is 0 Å². The molecular weight excluding hydrogens is 259 g/mol. The van der Waals surface area contributed by atoms with Crippen molar-refractivity contribution in [1.82, 2.24) is 10.3 Å². The Bertz CT molecular complexity index is 638. The quantitative estimate of drug-likeness (QED) is 0.804. The molecule has 1 aliphatic rings. The van der Waals surface area contributed by atoms with Crippen LogP contribution in [0.1, 0.15) is 29.8 Å². The maximum Gasteiger partial charge on any atom is 0.267 e. The Balaban J connectivity index is 1.71. The summed E-state index contributed by atoms with van der Waals surface area (Å²) in [7, 11) is 0. The number of halogens is 1. The molecule has 20 heavy (non-hydrogen) atoms. The maximum atomic E-state index is 13.6. The van der Waals surface area contributed by atoms with Crippen molar-refractivity contribution in [2.75, 3.05) is 6.54 Å². The topological polar surface area (TPSA) is 65.1 Å². The number of carbonyl (C=O) groups is 1. The van der Waals surface area contributed by atoms with Crippen molar-refractivity contribution in [1.29, 1.82) is 0 Å².